The van der Waals surface area contributed by atoms with Crippen molar-refractivity contribution in [2.75, 3.05) is 0 Å². The molecule has 668 valence electrons. The van der Waals surface area contributed by atoms with E-state index in [1.165, 1.54) is 86.7 Å². The zero-order valence-corrected chi connectivity index (χ0v) is 77.2. The van der Waals surface area contributed by atoms with Crippen molar-refractivity contribution in [3.63, 3.8) is 0 Å². The molecule has 0 bridgehead atoms. The van der Waals surface area contributed by atoms with Crippen molar-refractivity contribution in [3.8, 4) is 56.6 Å². The van der Waals surface area contributed by atoms with Gasteiger partial charge in [-0.15, -0.1) is 20.0 Å². The molecule has 18 aromatic carbocycles. The van der Waals surface area contributed by atoms with E-state index in [0.29, 0.717) is 29.3 Å². The summed E-state index contributed by atoms with van der Waals surface area (Å²) in [4.78, 5) is 43.1. The third-order valence-electron chi connectivity index (χ3n) is 27.6. The van der Waals surface area contributed by atoms with Gasteiger partial charge in [0.15, 0.2) is 0 Å². The Morgan fingerprint density at radius 2 is 0.357 bits per heavy atom. The first-order chi connectivity index (χ1) is 70.7. The highest BCUT2D eigenvalue weighted by molar-refractivity contribution is 6.23. The van der Waals surface area contributed by atoms with E-state index in [4.69, 9.17) is 56.2 Å². The molecule has 0 aliphatic carbocycles. The highest BCUT2D eigenvalue weighted by atomic mass is 15.1. The molecule has 0 saturated carbocycles. The second-order valence-corrected chi connectivity index (χ2v) is 35.5. The summed E-state index contributed by atoms with van der Waals surface area (Å²) < 4.78 is 13.8. The number of rotatable bonds is 12. The third kappa shape index (κ3) is 14.7. The van der Waals surface area contributed by atoms with Gasteiger partial charge in [-0.3, -0.25) is 9.97 Å². The first-order valence-corrected chi connectivity index (χ1v) is 47.4. The molecule has 16 heteroatoms. The van der Waals surface area contributed by atoms with Crippen molar-refractivity contribution < 1.29 is 0 Å². The highest BCUT2D eigenvalue weighted by Crippen LogP contribution is 2.42. The summed E-state index contributed by atoms with van der Waals surface area (Å²) in [7, 11) is 0. The van der Waals surface area contributed by atoms with Crippen molar-refractivity contribution in [1.29, 1.82) is 0 Å². The van der Waals surface area contributed by atoms with Gasteiger partial charge in [-0.05, 0) is 201 Å². The molecule has 25 aromatic rings. The van der Waals surface area contributed by atoms with E-state index in [9.17, 15) is 0 Å². The summed E-state index contributed by atoms with van der Waals surface area (Å²) in [6, 6.07) is 152. The first-order valence-electron chi connectivity index (χ1n) is 47.4. The molecule has 0 unspecified atom stereocenters. The monoisotopic (exact) mass is 1830 g/mol. The van der Waals surface area contributed by atoms with Crippen LogP contribution in [0.2, 0.25) is 0 Å². The van der Waals surface area contributed by atoms with E-state index < -0.39 is 0 Å². The molecule has 16 nitrogen and oxygen atoms in total. The Morgan fingerprint density at radius 3 is 0.531 bits per heavy atom. The third-order valence-corrected chi connectivity index (χ3v) is 27.6. The molecule has 0 saturated heterocycles. The second-order valence-electron chi connectivity index (χ2n) is 35.5. The van der Waals surface area contributed by atoms with E-state index in [2.05, 4.69) is 459 Å². The molecule has 0 amide bonds. The summed E-state index contributed by atoms with van der Waals surface area (Å²) in [5, 5.41) is 14.7. The lowest BCUT2D eigenvalue weighted by Gasteiger charge is -2.14. The zero-order valence-electron chi connectivity index (χ0n) is 77.2. The van der Waals surface area contributed by atoms with Crippen LogP contribution in [0.1, 0.15) is 35.6 Å². The SMILES string of the molecule is [C-]#[N+]C1=C([N+]#[C-])N=C(c2ccc(-n3c4ccccc4c4ccccc43)cc2)C(C)C(c2ccc(-n3c4ccccc4c4ccccc43)cc2)=N1.[C-]#[N+]C1=C([N+]#[C-])N=C(c2ccc(-n3c4ccccc4c4ccccc43)cc2)CC(c2ccc(-n3c4ccccc4c4ccccc43)cc2)=N1.c1ccc2c(c1)c1ccccc1n2-c1ccc(-c2cnc(-c3ccc(-n4c5ccccc5c5ccccc54)cc3)cn2)cc1. The van der Waals surface area contributed by atoms with E-state index >= 15 is 0 Å². The van der Waals surface area contributed by atoms with Crippen LogP contribution >= 0.6 is 0 Å². The van der Waals surface area contributed by atoms with Crippen LogP contribution in [0.4, 0.5) is 0 Å². The zero-order chi connectivity index (χ0) is 95.7. The maximum Gasteiger partial charge on any atom is 0.293 e. The van der Waals surface area contributed by atoms with Gasteiger partial charge in [0.2, 0.25) is 0 Å². The van der Waals surface area contributed by atoms with Gasteiger partial charge in [0, 0.05) is 132 Å². The summed E-state index contributed by atoms with van der Waals surface area (Å²) in [6.45, 7) is 33.4. The molecular weight excluding hydrogens is 1750 g/mol. The Labute approximate surface area is 821 Å². The van der Waals surface area contributed by atoms with E-state index in [1.54, 1.807) is 0 Å². The Kier molecular flexibility index (Phi) is 21.1. The van der Waals surface area contributed by atoms with Gasteiger partial charge in [-0.2, -0.15) is 0 Å². The topological polar surface area (TPSA) is 122 Å². The van der Waals surface area contributed by atoms with Crippen LogP contribution < -0.4 is 0 Å². The van der Waals surface area contributed by atoms with Crippen LogP contribution in [-0.2, 0) is 0 Å². The molecule has 27 rings (SSSR count). The Hall–Kier alpha value is -20.0. The van der Waals surface area contributed by atoms with Crippen molar-refractivity contribution in [2.45, 2.75) is 13.3 Å². The quantitative estimate of drug-likeness (QED) is 0.113. The van der Waals surface area contributed by atoms with Crippen molar-refractivity contribution >= 4 is 154 Å². The van der Waals surface area contributed by atoms with E-state index in [1.807, 2.05) is 43.6 Å². The number of fused-ring (bicyclic) bond motifs is 18. The lowest BCUT2D eigenvalue weighted by Crippen LogP contribution is -2.22. The summed E-state index contributed by atoms with van der Waals surface area (Å²) in [5.74, 6) is -0.263. The largest absolute Gasteiger partial charge is 0.370 e. The average Bonchev–Trinajstić information content (AvgIpc) is 1.62. The second kappa shape index (κ2) is 35.6. The van der Waals surface area contributed by atoms with Crippen LogP contribution in [0.5, 0.6) is 0 Å². The number of nitrogens with zero attached hydrogens (tertiary/aromatic N) is 16. The van der Waals surface area contributed by atoms with Gasteiger partial charge in [-0.1, -0.05) is 269 Å². The fraction of sp³-hybridized carbons (Fsp3) is 0.0236. The molecule has 9 heterocycles. The Morgan fingerprint density at radius 1 is 0.196 bits per heavy atom. The number of aromatic nitrogens is 8. The lowest BCUT2D eigenvalue weighted by atomic mass is 9.89. The highest BCUT2D eigenvalue weighted by Gasteiger charge is 2.33. The average molecular weight is 1830 g/mol. The van der Waals surface area contributed by atoms with Crippen LogP contribution in [0.25, 0.3) is 207 Å². The van der Waals surface area contributed by atoms with Gasteiger partial charge < -0.3 is 46.8 Å². The molecule has 7 aromatic heterocycles. The summed E-state index contributed by atoms with van der Waals surface area (Å²) >= 11 is 0. The minimum Gasteiger partial charge on any atom is -0.370 e. The minimum absolute atomic E-state index is 0.00484. The maximum absolute atomic E-state index is 7.88. The van der Waals surface area contributed by atoms with Gasteiger partial charge in [-0.25, -0.2) is 0 Å². The normalized spacial score (nSPS) is 13.0. The van der Waals surface area contributed by atoms with E-state index in [0.717, 1.165) is 123 Å². The predicted molar refractivity (Wildman–Crippen MR) is 585 cm³/mol. The molecular formula is C127H80N16. The number of hydrogen-bond acceptors (Lipinski definition) is 6. The smallest absolute Gasteiger partial charge is 0.293 e. The molecule has 143 heavy (non-hydrogen) atoms. The van der Waals surface area contributed by atoms with Crippen molar-refractivity contribution in [1.82, 2.24) is 37.4 Å². The summed E-state index contributed by atoms with van der Waals surface area (Å²) in [5.41, 5.74) is 30.4. The molecule has 2 aliphatic rings. The van der Waals surface area contributed by atoms with Crippen LogP contribution in [0, 0.1) is 32.2 Å². The fourth-order valence-corrected chi connectivity index (χ4v) is 21.1. The molecule has 0 atom stereocenters. The number of aliphatic imine (C=N–C) groups is 4. The number of para-hydroxylation sites is 12. The van der Waals surface area contributed by atoms with Crippen LogP contribution in [0.3, 0.4) is 0 Å². The molecule has 0 radical (unpaired) electrons. The van der Waals surface area contributed by atoms with E-state index in [-0.39, 0.29) is 29.2 Å². The first kappa shape index (κ1) is 84.7. The van der Waals surface area contributed by atoms with Crippen LogP contribution in [-0.4, -0.2) is 60.2 Å². The van der Waals surface area contributed by atoms with Crippen molar-refractivity contribution in [2.24, 2.45) is 25.9 Å². The van der Waals surface area contributed by atoms with Gasteiger partial charge >= 0.3 is 0 Å². The standard InChI is InChI=1S/C44H28N6.C43H26N6.C40H26N4/c1-28-41(29-20-24-31(25-21-29)49-37-16-8-4-12-33(37)34-13-5-9-17-38(34)49)47-43(45-2)44(46-3)48-42(28)30-22-26-32(27-23-30)50-39-18-10-6-14-35(39)36-15-7-11-19-40(36)50;1-44-42-43(45-2)47-37(29-21-25-31(26-22-29)49-40-17-9-5-13-34(40)35-14-6-10-18-41(35)49)27-36(46-42)28-19-23-30(24-20-28)48-38-15-7-3-11-32(38)33-12-4-8-16-39(33)48;1-5-13-37-31(9-1)32-10-2-6-14-38(32)43(37)29-21-17-27(18-22-29)35-25-42-36(26-41-35)28-19-23-30(24-20-28)44-39-15-7-3-11-33(39)34-12-4-8-16-40(34)44/h4-28H,1H3;3-26H,27H2;1-26H. The number of hydrogen-bond donors (Lipinski definition) is 0. The van der Waals surface area contributed by atoms with Gasteiger partial charge in [0.25, 0.3) is 23.3 Å². The van der Waals surface area contributed by atoms with Crippen LogP contribution in [0.15, 0.2) is 492 Å². The van der Waals surface area contributed by atoms with Gasteiger partial charge in [0.05, 0.1) is 102 Å². The molecule has 0 fully saturated rings. The van der Waals surface area contributed by atoms with Crippen molar-refractivity contribution in [3.05, 3.63) is 540 Å². The molecule has 2 aliphatic heterocycles. The predicted octanol–water partition coefficient (Wildman–Crippen LogP) is 31.3. The van der Waals surface area contributed by atoms with Gasteiger partial charge in [0.1, 0.15) is 22.8 Å². The Bertz CT molecular complexity index is 9010. The lowest BCUT2D eigenvalue weighted by molar-refractivity contribution is 1.05. The minimum atomic E-state index is -0.288. The maximum atomic E-state index is 7.88. The number of benzene rings is 18. The summed E-state index contributed by atoms with van der Waals surface area (Å²) in [6.07, 6.45) is 4.11. The Balaban J connectivity index is 0.000000113. The molecule has 0 N–H and O–H groups in total. The molecule has 0 spiro atoms. The fourth-order valence-electron chi connectivity index (χ4n) is 21.1.